The Kier molecular flexibility index (Phi) is 9.45. The van der Waals surface area contributed by atoms with Gasteiger partial charge < -0.3 is 54.0 Å². The van der Waals surface area contributed by atoms with E-state index >= 15 is 0 Å². The molecule has 0 bridgehead atoms. The topological polar surface area (TPSA) is 96.6 Å². The van der Waals surface area contributed by atoms with Gasteiger partial charge in [0.25, 0.3) is 0 Å². The largest absolute Gasteiger partial charge is 1.00 e. The lowest BCUT2D eigenvalue weighted by Gasteiger charge is -2.33. The quantitative estimate of drug-likeness (QED) is 0.381. The van der Waals surface area contributed by atoms with Crippen LogP contribution in [-0.4, -0.2) is 40.9 Å². The zero-order valence-corrected chi connectivity index (χ0v) is 21.5. The standard InChI is InChI=1S/C24H32N2O5.HI/c1-14(24(25)27)17(10-15-6-7-19(28-2)20(11-15)29-3)23-18-13-22(31-5)21(30-4)12-16(18)8-9-26-23;/h6-7,11-14,17,23,26H,8-10H2,1-5H3,(H2,25,27);1H/t14?,17?,23-;/m1./s1. The monoisotopic (exact) mass is 556 g/mol. The Morgan fingerprint density at radius 2 is 1.59 bits per heavy atom. The SMILES string of the molecule is COc1ccc(CC(C(C)C(N)=O)[C@H]2[NH2+]CCc3cc(OC)c(OC)cc32)cc1OC.[I-]. The first kappa shape index (κ1) is 26.1. The fourth-order valence-electron chi connectivity index (χ4n) is 4.52. The average molecular weight is 556 g/mol. The van der Waals surface area contributed by atoms with Crippen molar-refractivity contribution in [2.24, 2.45) is 17.6 Å². The molecule has 0 spiro atoms. The second-order valence-corrected chi connectivity index (χ2v) is 7.95. The van der Waals surface area contributed by atoms with Crippen molar-refractivity contribution in [3.05, 3.63) is 47.0 Å². The van der Waals surface area contributed by atoms with Crippen LogP contribution in [0.2, 0.25) is 0 Å². The third-order valence-corrected chi connectivity index (χ3v) is 6.31. The van der Waals surface area contributed by atoms with Crippen LogP contribution in [0.3, 0.4) is 0 Å². The molecule has 0 aromatic heterocycles. The van der Waals surface area contributed by atoms with E-state index in [4.69, 9.17) is 24.7 Å². The molecule has 1 amide bonds. The number of quaternary nitrogens is 1. The van der Waals surface area contributed by atoms with Crippen LogP contribution >= 0.6 is 0 Å². The maximum atomic E-state index is 12.3. The molecule has 2 aromatic rings. The number of halogens is 1. The number of methoxy groups -OCH3 is 4. The van der Waals surface area contributed by atoms with Crippen molar-refractivity contribution in [3.8, 4) is 23.0 Å². The van der Waals surface area contributed by atoms with Gasteiger partial charge in [0, 0.05) is 23.8 Å². The number of ether oxygens (including phenoxy) is 4. The molecule has 0 saturated carbocycles. The van der Waals surface area contributed by atoms with Gasteiger partial charge in [-0.2, -0.15) is 0 Å². The average Bonchev–Trinajstić information content (AvgIpc) is 2.80. The highest BCUT2D eigenvalue weighted by atomic mass is 127. The fraction of sp³-hybridized carbons (Fsp3) is 0.458. The molecule has 176 valence electrons. The number of amides is 1. The zero-order valence-electron chi connectivity index (χ0n) is 19.3. The Bertz CT molecular complexity index is 937. The number of carbonyl (C=O) groups is 1. The van der Waals surface area contributed by atoms with Gasteiger partial charge in [-0.3, -0.25) is 4.79 Å². The van der Waals surface area contributed by atoms with Gasteiger partial charge in [-0.25, -0.2) is 0 Å². The summed E-state index contributed by atoms with van der Waals surface area (Å²) < 4.78 is 21.9. The molecule has 1 heterocycles. The van der Waals surface area contributed by atoms with E-state index in [9.17, 15) is 4.79 Å². The third kappa shape index (κ3) is 5.40. The maximum absolute atomic E-state index is 12.3. The number of hydrogen-bond donors (Lipinski definition) is 2. The van der Waals surface area contributed by atoms with Crippen molar-refractivity contribution in [2.45, 2.75) is 25.8 Å². The Hall–Kier alpha value is -2.20. The van der Waals surface area contributed by atoms with Crippen LogP contribution in [0.5, 0.6) is 23.0 Å². The summed E-state index contributed by atoms with van der Waals surface area (Å²) in [6.45, 7) is 2.84. The summed E-state index contributed by atoms with van der Waals surface area (Å²) in [6, 6.07) is 10.0. The van der Waals surface area contributed by atoms with Gasteiger partial charge in [-0.05, 0) is 41.8 Å². The molecule has 3 atom stereocenters. The van der Waals surface area contributed by atoms with E-state index in [0.717, 1.165) is 24.3 Å². The highest BCUT2D eigenvalue weighted by Gasteiger charge is 2.37. The number of carbonyl (C=O) groups excluding carboxylic acids is 1. The molecule has 3 rings (SSSR count). The molecule has 2 unspecified atom stereocenters. The third-order valence-electron chi connectivity index (χ3n) is 6.31. The molecule has 0 aliphatic carbocycles. The molecule has 0 fully saturated rings. The van der Waals surface area contributed by atoms with Gasteiger partial charge in [0.2, 0.25) is 5.91 Å². The number of primary amides is 1. The Morgan fingerprint density at radius 1 is 1.00 bits per heavy atom. The Balaban J connectivity index is 0.00000363. The van der Waals surface area contributed by atoms with Crippen LogP contribution in [0.1, 0.15) is 29.7 Å². The van der Waals surface area contributed by atoms with Crippen molar-refractivity contribution < 1.29 is 53.0 Å². The second-order valence-electron chi connectivity index (χ2n) is 7.95. The summed E-state index contributed by atoms with van der Waals surface area (Å²) >= 11 is 0. The van der Waals surface area contributed by atoms with E-state index in [0.29, 0.717) is 23.7 Å². The normalized spacial score (nSPS) is 16.7. The van der Waals surface area contributed by atoms with Crippen LogP contribution in [0.4, 0.5) is 0 Å². The first-order chi connectivity index (χ1) is 14.9. The van der Waals surface area contributed by atoms with Crippen molar-refractivity contribution >= 4 is 5.91 Å². The van der Waals surface area contributed by atoms with Crippen LogP contribution in [0, 0.1) is 11.8 Å². The number of nitrogens with two attached hydrogens (primary N) is 2. The predicted octanol–water partition coefficient (Wildman–Crippen LogP) is -1.13. The van der Waals surface area contributed by atoms with Gasteiger partial charge in [-0.1, -0.05) is 13.0 Å². The first-order valence-corrected chi connectivity index (χ1v) is 10.5. The summed E-state index contributed by atoms with van der Waals surface area (Å²) in [4.78, 5) is 12.3. The summed E-state index contributed by atoms with van der Waals surface area (Å²) in [5, 5.41) is 2.30. The highest BCUT2D eigenvalue weighted by molar-refractivity contribution is 5.76. The zero-order chi connectivity index (χ0) is 22.5. The number of rotatable bonds is 9. The Labute approximate surface area is 207 Å². The molecule has 2 aromatic carbocycles. The Morgan fingerprint density at radius 3 is 2.19 bits per heavy atom. The molecule has 32 heavy (non-hydrogen) atoms. The minimum absolute atomic E-state index is 0. The van der Waals surface area contributed by atoms with Crippen LogP contribution in [0.25, 0.3) is 0 Å². The van der Waals surface area contributed by atoms with E-state index in [1.54, 1.807) is 28.4 Å². The number of fused-ring (bicyclic) bond motifs is 1. The summed E-state index contributed by atoms with van der Waals surface area (Å²) in [5.41, 5.74) is 9.24. The van der Waals surface area contributed by atoms with E-state index in [1.165, 1.54) is 11.1 Å². The number of benzene rings is 2. The van der Waals surface area contributed by atoms with Crippen LogP contribution in [-0.2, 0) is 17.6 Å². The summed E-state index contributed by atoms with van der Waals surface area (Å²) in [5.74, 6) is 2.15. The molecule has 8 heteroatoms. The van der Waals surface area contributed by atoms with E-state index < -0.39 is 0 Å². The number of hydrogen-bond acceptors (Lipinski definition) is 5. The lowest BCUT2D eigenvalue weighted by atomic mass is 9.76. The fourth-order valence-corrected chi connectivity index (χ4v) is 4.52. The van der Waals surface area contributed by atoms with Gasteiger partial charge in [-0.15, -0.1) is 0 Å². The van der Waals surface area contributed by atoms with Crippen molar-refractivity contribution in [1.82, 2.24) is 0 Å². The molecular formula is C24H33IN2O5. The first-order valence-electron chi connectivity index (χ1n) is 10.5. The molecule has 0 saturated heterocycles. The molecular weight excluding hydrogens is 523 g/mol. The van der Waals surface area contributed by atoms with Gasteiger partial charge in [0.05, 0.1) is 35.0 Å². The maximum Gasteiger partial charge on any atom is 0.220 e. The van der Waals surface area contributed by atoms with Gasteiger partial charge in [0.1, 0.15) is 6.04 Å². The molecule has 7 nitrogen and oxygen atoms in total. The molecule has 0 radical (unpaired) electrons. The van der Waals surface area contributed by atoms with E-state index in [-0.39, 0.29) is 47.8 Å². The van der Waals surface area contributed by atoms with Crippen molar-refractivity contribution in [2.75, 3.05) is 35.0 Å². The minimum Gasteiger partial charge on any atom is -1.00 e. The molecule has 4 N–H and O–H groups in total. The van der Waals surface area contributed by atoms with Gasteiger partial charge >= 0.3 is 0 Å². The molecule has 1 aliphatic rings. The van der Waals surface area contributed by atoms with E-state index in [2.05, 4.69) is 11.4 Å². The lowest BCUT2D eigenvalue weighted by Crippen LogP contribution is -3.00. The molecule has 1 aliphatic heterocycles. The lowest BCUT2D eigenvalue weighted by molar-refractivity contribution is -0.707. The summed E-state index contributed by atoms with van der Waals surface area (Å²) in [6.07, 6.45) is 1.61. The minimum atomic E-state index is -0.312. The smallest absolute Gasteiger partial charge is 0.220 e. The summed E-state index contributed by atoms with van der Waals surface area (Å²) in [7, 11) is 6.52. The van der Waals surface area contributed by atoms with Crippen molar-refractivity contribution in [1.29, 1.82) is 0 Å². The second kappa shape index (κ2) is 11.6. The highest BCUT2D eigenvalue weighted by Crippen LogP contribution is 2.39. The van der Waals surface area contributed by atoms with Crippen LogP contribution in [0.15, 0.2) is 30.3 Å². The van der Waals surface area contributed by atoms with Crippen molar-refractivity contribution in [3.63, 3.8) is 0 Å². The van der Waals surface area contributed by atoms with Gasteiger partial charge in [0.15, 0.2) is 23.0 Å². The van der Waals surface area contributed by atoms with Crippen LogP contribution < -0.4 is 54.0 Å². The predicted molar refractivity (Wildman–Crippen MR) is 118 cm³/mol. The van der Waals surface area contributed by atoms with E-state index in [1.807, 2.05) is 31.2 Å².